The number of rotatable bonds is 3. The molecule has 0 radical (unpaired) electrons. The molecule has 8 nitrogen and oxygen atoms in total. The van der Waals surface area contributed by atoms with Crippen LogP contribution in [0.25, 0.3) is 11.0 Å². The molecule has 1 aliphatic heterocycles. The van der Waals surface area contributed by atoms with Crippen LogP contribution in [0.4, 0.5) is 5.69 Å². The van der Waals surface area contributed by atoms with Gasteiger partial charge in [0.15, 0.2) is 0 Å². The lowest BCUT2D eigenvalue weighted by Gasteiger charge is -2.32. The summed E-state index contributed by atoms with van der Waals surface area (Å²) >= 11 is 3.50. The van der Waals surface area contributed by atoms with E-state index in [1.54, 1.807) is 29.4 Å². The zero-order chi connectivity index (χ0) is 18.0. The van der Waals surface area contributed by atoms with Gasteiger partial charge in [0.25, 0.3) is 0 Å². The summed E-state index contributed by atoms with van der Waals surface area (Å²) in [6, 6.07) is 3.53. The van der Waals surface area contributed by atoms with Crippen LogP contribution >= 0.6 is 15.9 Å². The van der Waals surface area contributed by atoms with Crippen LogP contribution in [-0.4, -0.2) is 49.5 Å². The number of carbonyl (C=O) groups is 2. The number of hydrogen-bond acceptors (Lipinski definition) is 8. The summed E-state index contributed by atoms with van der Waals surface area (Å²) in [4.78, 5) is 34.4. The second-order valence-electron chi connectivity index (χ2n) is 5.04. The van der Waals surface area contributed by atoms with Gasteiger partial charge in [0.1, 0.15) is 17.9 Å². The minimum Gasteiger partial charge on any atom is -0.466 e. The van der Waals surface area contributed by atoms with Gasteiger partial charge in [0.2, 0.25) is 0 Å². The molecule has 0 aliphatic carbocycles. The molecule has 0 bridgehead atoms. The molecular weight excluding hydrogens is 394 g/mol. The first kappa shape index (κ1) is 17.3. The molecule has 1 aliphatic rings. The first-order valence-corrected chi connectivity index (χ1v) is 8.02. The van der Waals surface area contributed by atoms with Crippen molar-refractivity contribution in [3.63, 3.8) is 0 Å². The van der Waals surface area contributed by atoms with Crippen molar-refractivity contribution in [3.05, 3.63) is 40.3 Å². The van der Waals surface area contributed by atoms with E-state index < -0.39 is 11.9 Å². The Balaban J connectivity index is 2.19. The van der Waals surface area contributed by atoms with E-state index in [0.29, 0.717) is 21.2 Å². The van der Waals surface area contributed by atoms with E-state index in [9.17, 15) is 9.59 Å². The highest BCUT2D eigenvalue weighted by Gasteiger charge is 2.33. The molecule has 0 amide bonds. The molecule has 25 heavy (non-hydrogen) atoms. The predicted octanol–water partition coefficient (Wildman–Crippen LogP) is 1.79. The minimum atomic E-state index is -0.658. The summed E-state index contributed by atoms with van der Waals surface area (Å²) in [6.45, 7) is 0.0217. The standard InChI is InChI=1S/C16H14BrN3O5/c1-23-15(21)9-7-25-8-20(14(9)16(22)24-2)11-4-3-10-13(12(11)17)19-6-5-18-10/h3-6H,7-8H2,1-2H3. The van der Waals surface area contributed by atoms with Crippen LogP contribution < -0.4 is 4.90 Å². The molecule has 0 unspecified atom stereocenters. The quantitative estimate of drug-likeness (QED) is 0.711. The molecule has 130 valence electrons. The van der Waals surface area contributed by atoms with Gasteiger partial charge >= 0.3 is 11.9 Å². The Morgan fingerprint density at radius 3 is 2.60 bits per heavy atom. The van der Waals surface area contributed by atoms with Crippen molar-refractivity contribution in [3.8, 4) is 0 Å². The molecule has 0 N–H and O–H groups in total. The molecule has 9 heteroatoms. The number of halogens is 1. The third-order valence-electron chi connectivity index (χ3n) is 3.68. The van der Waals surface area contributed by atoms with Gasteiger partial charge in [-0.2, -0.15) is 0 Å². The van der Waals surface area contributed by atoms with Crippen LogP contribution in [0.1, 0.15) is 0 Å². The Hall–Kier alpha value is -2.52. The normalized spacial score (nSPS) is 14.6. The van der Waals surface area contributed by atoms with Crippen LogP contribution in [0.15, 0.2) is 40.3 Å². The van der Waals surface area contributed by atoms with Gasteiger partial charge in [-0.3, -0.25) is 9.97 Å². The van der Waals surface area contributed by atoms with Crippen LogP contribution in [0.3, 0.4) is 0 Å². The Kier molecular flexibility index (Phi) is 4.95. The Morgan fingerprint density at radius 1 is 1.16 bits per heavy atom. The highest BCUT2D eigenvalue weighted by atomic mass is 79.9. The Bertz CT molecular complexity index is 883. The number of methoxy groups -OCH3 is 2. The number of anilines is 1. The fourth-order valence-corrected chi connectivity index (χ4v) is 3.19. The van der Waals surface area contributed by atoms with E-state index in [1.165, 1.54) is 14.2 Å². The molecule has 1 aromatic heterocycles. The lowest BCUT2D eigenvalue weighted by molar-refractivity contribution is -0.140. The van der Waals surface area contributed by atoms with Crippen LogP contribution in [0.5, 0.6) is 0 Å². The number of aromatic nitrogens is 2. The van der Waals surface area contributed by atoms with Crippen molar-refractivity contribution in [2.75, 3.05) is 32.5 Å². The lowest BCUT2D eigenvalue weighted by atomic mass is 10.1. The van der Waals surface area contributed by atoms with Crippen LogP contribution in [0, 0.1) is 0 Å². The van der Waals surface area contributed by atoms with Crippen molar-refractivity contribution in [1.82, 2.24) is 9.97 Å². The molecule has 1 aromatic carbocycles. The molecular formula is C16H14BrN3O5. The SMILES string of the molecule is COC(=O)C1=C(C(=O)OC)N(c2ccc3nccnc3c2Br)COC1. The summed E-state index contributed by atoms with van der Waals surface area (Å²) in [7, 11) is 2.49. The molecule has 0 spiro atoms. The fraction of sp³-hybridized carbons (Fsp3) is 0.250. The minimum absolute atomic E-state index is 0.0430. The number of esters is 2. The summed E-state index contributed by atoms with van der Waals surface area (Å²) in [5.74, 6) is -1.31. The molecule has 0 atom stereocenters. The third-order valence-corrected chi connectivity index (χ3v) is 4.46. The highest BCUT2D eigenvalue weighted by Crippen LogP contribution is 2.36. The van der Waals surface area contributed by atoms with Gasteiger partial charge in [-0.25, -0.2) is 9.59 Å². The maximum absolute atomic E-state index is 12.3. The van der Waals surface area contributed by atoms with Crippen molar-refractivity contribution in [2.45, 2.75) is 0 Å². The molecule has 0 saturated carbocycles. The number of fused-ring (bicyclic) bond motifs is 1. The number of ether oxygens (including phenoxy) is 3. The topological polar surface area (TPSA) is 90.9 Å². The van der Waals surface area contributed by atoms with Crippen LogP contribution in [0.2, 0.25) is 0 Å². The second kappa shape index (κ2) is 7.16. The van der Waals surface area contributed by atoms with Gasteiger partial charge in [-0.1, -0.05) is 0 Å². The van der Waals surface area contributed by atoms with Crippen molar-refractivity contribution in [2.24, 2.45) is 0 Å². The molecule has 3 rings (SSSR count). The number of nitrogens with zero attached hydrogens (tertiary/aromatic N) is 3. The lowest BCUT2D eigenvalue weighted by Crippen LogP contribution is -2.39. The van der Waals surface area contributed by atoms with E-state index in [0.717, 1.165) is 0 Å². The largest absolute Gasteiger partial charge is 0.466 e. The zero-order valence-corrected chi connectivity index (χ0v) is 15.1. The summed E-state index contributed by atoms with van der Waals surface area (Å²) < 4.78 is 15.7. The average molecular weight is 408 g/mol. The molecule has 0 saturated heterocycles. The van der Waals surface area contributed by atoms with Crippen molar-refractivity contribution >= 4 is 44.6 Å². The summed E-state index contributed by atoms with van der Waals surface area (Å²) in [5, 5.41) is 0. The maximum Gasteiger partial charge on any atom is 0.355 e. The highest BCUT2D eigenvalue weighted by molar-refractivity contribution is 9.10. The van der Waals surface area contributed by atoms with E-state index in [2.05, 4.69) is 25.9 Å². The van der Waals surface area contributed by atoms with Gasteiger partial charge < -0.3 is 19.1 Å². The molecule has 2 aromatic rings. The second-order valence-corrected chi connectivity index (χ2v) is 5.83. The predicted molar refractivity (Wildman–Crippen MR) is 91.6 cm³/mol. The van der Waals surface area contributed by atoms with Gasteiger partial charge in [-0.05, 0) is 28.1 Å². The van der Waals surface area contributed by atoms with Crippen LogP contribution in [-0.2, 0) is 23.8 Å². The fourth-order valence-electron chi connectivity index (χ4n) is 2.53. The monoisotopic (exact) mass is 407 g/mol. The van der Waals surface area contributed by atoms with E-state index in [-0.39, 0.29) is 24.6 Å². The van der Waals surface area contributed by atoms with E-state index in [1.807, 2.05) is 0 Å². The Morgan fingerprint density at radius 2 is 1.88 bits per heavy atom. The van der Waals surface area contributed by atoms with E-state index >= 15 is 0 Å². The molecule has 0 fully saturated rings. The Labute approximate surface area is 151 Å². The van der Waals surface area contributed by atoms with Gasteiger partial charge in [0.05, 0.1) is 42.1 Å². The average Bonchev–Trinajstić information content (AvgIpc) is 2.66. The van der Waals surface area contributed by atoms with Gasteiger partial charge in [0, 0.05) is 12.4 Å². The first-order valence-electron chi connectivity index (χ1n) is 7.22. The summed E-state index contributed by atoms with van der Waals surface area (Å²) in [5.41, 5.74) is 2.06. The molecule has 2 heterocycles. The number of carbonyl (C=O) groups excluding carboxylic acids is 2. The van der Waals surface area contributed by atoms with Crippen molar-refractivity contribution in [1.29, 1.82) is 0 Å². The number of benzene rings is 1. The van der Waals surface area contributed by atoms with Gasteiger partial charge in [-0.15, -0.1) is 0 Å². The van der Waals surface area contributed by atoms with Crippen molar-refractivity contribution < 1.29 is 23.8 Å². The summed E-state index contributed by atoms with van der Waals surface area (Å²) in [6.07, 6.45) is 3.16. The zero-order valence-electron chi connectivity index (χ0n) is 13.5. The number of hydrogen-bond donors (Lipinski definition) is 0. The maximum atomic E-state index is 12.3. The third kappa shape index (κ3) is 3.08. The smallest absolute Gasteiger partial charge is 0.355 e. The first-order chi connectivity index (χ1) is 12.1. The van der Waals surface area contributed by atoms with E-state index in [4.69, 9.17) is 14.2 Å².